The van der Waals surface area contributed by atoms with Crippen molar-refractivity contribution in [3.8, 4) is 5.95 Å². The quantitative estimate of drug-likeness (QED) is 0.777. The maximum Gasteiger partial charge on any atom is 0.241 e. The number of hydrogen-bond donors (Lipinski definition) is 1. The second-order valence-electron chi connectivity index (χ2n) is 4.35. The molecule has 9 heteroatoms. The van der Waals surface area contributed by atoms with Crippen LogP contribution in [-0.4, -0.2) is 36.0 Å². The molecule has 1 atom stereocenters. The Balaban J connectivity index is 1.74. The Hall–Kier alpha value is -2.06. The van der Waals surface area contributed by atoms with E-state index in [0.29, 0.717) is 18.4 Å². The van der Waals surface area contributed by atoms with E-state index >= 15 is 0 Å². The minimum absolute atomic E-state index is 0.137. The third kappa shape index (κ3) is 3.34. The number of nitrogens with zero attached hydrogens (tertiary/aromatic N) is 6. The Labute approximate surface area is 130 Å². The smallest absolute Gasteiger partial charge is 0.241 e. The molecular formula is C12H12ClN7S. The molecule has 0 spiro atoms. The van der Waals surface area contributed by atoms with Crippen LogP contribution < -0.4 is 5.32 Å². The Morgan fingerprint density at radius 2 is 2.24 bits per heavy atom. The van der Waals surface area contributed by atoms with E-state index in [1.54, 1.807) is 40.8 Å². The van der Waals surface area contributed by atoms with E-state index < -0.39 is 0 Å². The lowest BCUT2D eigenvalue weighted by atomic mass is 10.2. The molecule has 0 aliphatic heterocycles. The van der Waals surface area contributed by atoms with Crippen LogP contribution in [0.2, 0.25) is 5.28 Å². The molecule has 0 saturated heterocycles. The van der Waals surface area contributed by atoms with E-state index in [9.17, 15) is 0 Å². The Morgan fingerprint density at radius 1 is 1.33 bits per heavy atom. The van der Waals surface area contributed by atoms with Gasteiger partial charge in [0.05, 0.1) is 5.01 Å². The molecule has 0 aromatic carbocycles. The summed E-state index contributed by atoms with van der Waals surface area (Å²) in [5.41, 5.74) is 0. The number of rotatable bonds is 5. The van der Waals surface area contributed by atoms with Crippen molar-refractivity contribution in [3.05, 3.63) is 40.6 Å². The fourth-order valence-electron chi connectivity index (χ4n) is 1.72. The zero-order valence-corrected chi connectivity index (χ0v) is 12.7. The number of thiazole rings is 1. The SMILES string of the molecule is CC(CNc1nc(Cl)nc(-n2ccnc2)n1)c1nccs1. The molecule has 0 radical (unpaired) electrons. The minimum Gasteiger partial charge on any atom is -0.353 e. The summed E-state index contributed by atoms with van der Waals surface area (Å²) in [5.74, 6) is 1.12. The number of anilines is 1. The number of imidazole rings is 1. The van der Waals surface area contributed by atoms with Gasteiger partial charge < -0.3 is 5.32 Å². The van der Waals surface area contributed by atoms with Crippen LogP contribution in [0.25, 0.3) is 5.95 Å². The fraction of sp³-hybridized carbons (Fsp3) is 0.250. The lowest BCUT2D eigenvalue weighted by molar-refractivity contribution is 0.782. The van der Waals surface area contributed by atoms with Crippen molar-refractivity contribution in [2.45, 2.75) is 12.8 Å². The van der Waals surface area contributed by atoms with E-state index in [1.165, 1.54) is 0 Å². The molecule has 0 aliphatic carbocycles. The molecule has 108 valence electrons. The first-order valence-corrected chi connectivity index (χ1v) is 7.51. The van der Waals surface area contributed by atoms with E-state index in [2.05, 4.69) is 37.2 Å². The van der Waals surface area contributed by atoms with Crippen molar-refractivity contribution >= 4 is 28.9 Å². The van der Waals surface area contributed by atoms with Gasteiger partial charge in [-0.25, -0.2) is 9.97 Å². The van der Waals surface area contributed by atoms with Gasteiger partial charge in [-0.15, -0.1) is 11.3 Å². The highest BCUT2D eigenvalue weighted by molar-refractivity contribution is 7.09. The average molecular weight is 322 g/mol. The van der Waals surface area contributed by atoms with E-state index in [1.807, 2.05) is 5.38 Å². The molecule has 0 aliphatic rings. The van der Waals surface area contributed by atoms with Crippen LogP contribution in [0.5, 0.6) is 0 Å². The van der Waals surface area contributed by atoms with Crippen LogP contribution in [0.4, 0.5) is 5.95 Å². The van der Waals surface area contributed by atoms with Crippen LogP contribution >= 0.6 is 22.9 Å². The zero-order chi connectivity index (χ0) is 14.7. The van der Waals surface area contributed by atoms with Gasteiger partial charge in [-0.1, -0.05) is 6.92 Å². The van der Waals surface area contributed by atoms with Gasteiger partial charge in [0.15, 0.2) is 0 Å². The predicted octanol–water partition coefficient (Wildman–Crippen LogP) is 2.38. The molecule has 3 heterocycles. The first kappa shape index (κ1) is 13.9. The van der Waals surface area contributed by atoms with Crippen molar-refractivity contribution in [1.82, 2.24) is 29.5 Å². The van der Waals surface area contributed by atoms with Crippen molar-refractivity contribution in [1.29, 1.82) is 0 Å². The Morgan fingerprint density at radius 3 is 2.95 bits per heavy atom. The molecular weight excluding hydrogens is 310 g/mol. The summed E-state index contributed by atoms with van der Waals surface area (Å²) in [6.45, 7) is 2.75. The second-order valence-corrected chi connectivity index (χ2v) is 5.61. The normalized spacial score (nSPS) is 12.3. The van der Waals surface area contributed by atoms with E-state index in [0.717, 1.165) is 5.01 Å². The van der Waals surface area contributed by atoms with Crippen LogP contribution in [0.1, 0.15) is 17.8 Å². The first-order chi connectivity index (χ1) is 10.2. The number of aromatic nitrogens is 6. The van der Waals surface area contributed by atoms with Crippen molar-refractivity contribution in [2.24, 2.45) is 0 Å². The third-order valence-corrected chi connectivity index (χ3v) is 3.95. The summed E-state index contributed by atoms with van der Waals surface area (Å²) in [7, 11) is 0. The molecule has 0 bridgehead atoms. The summed E-state index contributed by atoms with van der Waals surface area (Å²) in [6, 6.07) is 0. The van der Waals surface area contributed by atoms with Crippen LogP contribution in [0.15, 0.2) is 30.3 Å². The van der Waals surface area contributed by atoms with Crippen molar-refractivity contribution in [3.63, 3.8) is 0 Å². The van der Waals surface area contributed by atoms with Gasteiger partial charge in [-0.05, 0) is 11.6 Å². The van der Waals surface area contributed by atoms with E-state index in [-0.39, 0.29) is 11.2 Å². The van der Waals surface area contributed by atoms with Gasteiger partial charge in [0.25, 0.3) is 0 Å². The average Bonchev–Trinajstić information content (AvgIpc) is 3.16. The molecule has 3 aromatic heterocycles. The topological polar surface area (TPSA) is 81.4 Å². The van der Waals surface area contributed by atoms with Gasteiger partial charge in [0.2, 0.25) is 17.2 Å². The predicted molar refractivity (Wildman–Crippen MR) is 81.0 cm³/mol. The second kappa shape index (κ2) is 6.15. The Bertz CT molecular complexity index is 698. The zero-order valence-electron chi connectivity index (χ0n) is 11.1. The lowest BCUT2D eigenvalue weighted by Crippen LogP contribution is -2.13. The van der Waals surface area contributed by atoms with Crippen LogP contribution in [-0.2, 0) is 0 Å². The maximum absolute atomic E-state index is 5.94. The highest BCUT2D eigenvalue weighted by atomic mass is 35.5. The molecule has 0 amide bonds. The number of hydrogen-bond acceptors (Lipinski definition) is 7. The first-order valence-electron chi connectivity index (χ1n) is 6.25. The van der Waals surface area contributed by atoms with Gasteiger partial charge in [0.1, 0.15) is 6.33 Å². The van der Waals surface area contributed by atoms with Crippen molar-refractivity contribution in [2.75, 3.05) is 11.9 Å². The summed E-state index contributed by atoms with van der Waals surface area (Å²) in [4.78, 5) is 20.7. The fourth-order valence-corrected chi connectivity index (χ4v) is 2.58. The van der Waals surface area contributed by atoms with Gasteiger partial charge in [-0.3, -0.25) is 4.57 Å². The largest absolute Gasteiger partial charge is 0.353 e. The summed E-state index contributed by atoms with van der Waals surface area (Å²) in [5, 5.41) is 6.33. The van der Waals surface area contributed by atoms with E-state index in [4.69, 9.17) is 11.6 Å². The molecule has 1 unspecified atom stereocenters. The minimum atomic E-state index is 0.137. The number of halogens is 1. The third-order valence-electron chi connectivity index (χ3n) is 2.77. The molecule has 3 rings (SSSR count). The highest BCUT2D eigenvalue weighted by Gasteiger charge is 2.11. The van der Waals surface area contributed by atoms with Gasteiger partial charge in [-0.2, -0.15) is 15.0 Å². The monoisotopic (exact) mass is 321 g/mol. The molecule has 21 heavy (non-hydrogen) atoms. The summed E-state index contributed by atoms with van der Waals surface area (Å²) in [6.07, 6.45) is 6.80. The molecule has 0 saturated carbocycles. The van der Waals surface area contributed by atoms with Gasteiger partial charge in [0, 0.05) is 36.4 Å². The Kier molecular flexibility index (Phi) is 4.07. The number of nitrogens with one attached hydrogen (secondary N) is 1. The summed E-state index contributed by atoms with van der Waals surface area (Å²) < 4.78 is 1.67. The maximum atomic E-state index is 5.94. The summed E-state index contributed by atoms with van der Waals surface area (Å²) >= 11 is 7.56. The van der Waals surface area contributed by atoms with Crippen molar-refractivity contribution < 1.29 is 0 Å². The molecule has 0 fully saturated rings. The molecule has 1 N–H and O–H groups in total. The standard InChI is InChI=1S/C12H12ClN7S/c1-8(9-15-3-5-21-9)6-16-11-17-10(13)18-12(19-11)20-4-2-14-7-20/h2-5,7-8H,6H2,1H3,(H,16,17,18,19). The van der Waals surface area contributed by atoms with Gasteiger partial charge >= 0.3 is 0 Å². The molecule has 7 nitrogen and oxygen atoms in total. The van der Waals surface area contributed by atoms with Crippen LogP contribution in [0, 0.1) is 0 Å². The lowest BCUT2D eigenvalue weighted by Gasteiger charge is -2.10. The molecule has 3 aromatic rings. The highest BCUT2D eigenvalue weighted by Crippen LogP contribution is 2.18. The van der Waals surface area contributed by atoms with Crippen LogP contribution in [0.3, 0.4) is 0 Å².